The van der Waals surface area contributed by atoms with Gasteiger partial charge in [0.1, 0.15) is 11.9 Å². The highest BCUT2D eigenvalue weighted by atomic mass is 35.5. The van der Waals surface area contributed by atoms with Crippen molar-refractivity contribution in [2.75, 3.05) is 5.75 Å². The summed E-state index contributed by atoms with van der Waals surface area (Å²) in [5.41, 5.74) is 1.92. The molecule has 37 heavy (non-hydrogen) atoms. The number of rotatable bonds is 11. The number of carbonyl (C=O) groups excluding carboxylic acids is 2. The van der Waals surface area contributed by atoms with E-state index in [1.807, 2.05) is 44.2 Å². The molecule has 0 saturated heterocycles. The Bertz CT molecular complexity index is 1210. The van der Waals surface area contributed by atoms with Crippen molar-refractivity contribution in [1.82, 2.24) is 10.2 Å². The first-order chi connectivity index (χ1) is 17.7. The van der Waals surface area contributed by atoms with E-state index in [0.29, 0.717) is 32.6 Å². The molecular formula is C28H28Cl3FN2O2S. The maximum atomic E-state index is 14.2. The molecule has 3 aromatic carbocycles. The highest BCUT2D eigenvalue weighted by molar-refractivity contribution is 7.99. The first-order valence-electron chi connectivity index (χ1n) is 11.7. The molecule has 0 fully saturated rings. The Morgan fingerprint density at radius 3 is 2.35 bits per heavy atom. The number of amides is 2. The highest BCUT2D eigenvalue weighted by Gasteiger charge is 2.31. The fraction of sp³-hybridized carbons (Fsp3) is 0.286. The van der Waals surface area contributed by atoms with E-state index in [-0.39, 0.29) is 35.9 Å². The normalized spacial score (nSPS) is 11.9. The van der Waals surface area contributed by atoms with E-state index in [1.54, 1.807) is 24.3 Å². The van der Waals surface area contributed by atoms with Gasteiger partial charge in [-0.3, -0.25) is 9.59 Å². The number of hydrogen-bond donors (Lipinski definition) is 1. The second-order valence-corrected chi connectivity index (χ2v) is 11.1. The Morgan fingerprint density at radius 2 is 1.70 bits per heavy atom. The van der Waals surface area contributed by atoms with E-state index >= 15 is 0 Å². The molecule has 3 aromatic rings. The average molecular weight is 582 g/mol. The lowest BCUT2D eigenvalue weighted by Crippen LogP contribution is -2.52. The number of benzene rings is 3. The maximum absolute atomic E-state index is 14.2. The van der Waals surface area contributed by atoms with Crippen LogP contribution in [0.4, 0.5) is 4.39 Å². The molecule has 0 unspecified atom stereocenters. The summed E-state index contributed by atoms with van der Waals surface area (Å²) < 4.78 is 14.2. The van der Waals surface area contributed by atoms with Crippen LogP contribution in [-0.4, -0.2) is 34.6 Å². The summed E-state index contributed by atoms with van der Waals surface area (Å²) in [5.74, 6) is -0.719. The zero-order valence-electron chi connectivity index (χ0n) is 20.5. The average Bonchev–Trinajstić information content (AvgIpc) is 2.84. The molecule has 0 aromatic heterocycles. The van der Waals surface area contributed by atoms with Gasteiger partial charge in [-0.25, -0.2) is 4.39 Å². The second kappa shape index (κ2) is 14.1. The molecule has 4 nitrogen and oxygen atoms in total. The van der Waals surface area contributed by atoms with Crippen molar-refractivity contribution < 1.29 is 14.0 Å². The quantitative estimate of drug-likeness (QED) is 0.261. The van der Waals surface area contributed by atoms with Gasteiger partial charge in [-0.15, -0.1) is 11.8 Å². The van der Waals surface area contributed by atoms with Gasteiger partial charge in [0.2, 0.25) is 11.8 Å². The van der Waals surface area contributed by atoms with Gasteiger partial charge in [0.05, 0.1) is 5.75 Å². The smallest absolute Gasteiger partial charge is 0.243 e. The summed E-state index contributed by atoms with van der Waals surface area (Å²) in [6.07, 6.45) is 0.320. The Morgan fingerprint density at radius 1 is 0.973 bits per heavy atom. The molecule has 0 heterocycles. The van der Waals surface area contributed by atoms with E-state index in [1.165, 1.54) is 28.8 Å². The van der Waals surface area contributed by atoms with Crippen LogP contribution < -0.4 is 5.32 Å². The number of carbonyl (C=O) groups is 2. The summed E-state index contributed by atoms with van der Waals surface area (Å²) in [4.78, 5) is 28.6. The third-order valence-electron chi connectivity index (χ3n) is 5.59. The fourth-order valence-electron chi connectivity index (χ4n) is 3.76. The molecule has 0 radical (unpaired) electrons. The molecule has 0 aliphatic rings. The van der Waals surface area contributed by atoms with Crippen LogP contribution >= 0.6 is 46.6 Å². The van der Waals surface area contributed by atoms with Crippen molar-refractivity contribution in [3.05, 3.63) is 104 Å². The van der Waals surface area contributed by atoms with Crippen molar-refractivity contribution in [2.45, 2.75) is 44.6 Å². The number of hydrogen-bond acceptors (Lipinski definition) is 3. The molecule has 0 spiro atoms. The predicted octanol–water partition coefficient (Wildman–Crippen LogP) is 7.18. The molecule has 1 atom stereocenters. The third kappa shape index (κ3) is 8.64. The molecule has 9 heteroatoms. The summed E-state index contributed by atoms with van der Waals surface area (Å²) in [5, 5.41) is 4.13. The summed E-state index contributed by atoms with van der Waals surface area (Å²) in [7, 11) is 0. The monoisotopic (exact) mass is 580 g/mol. The topological polar surface area (TPSA) is 49.4 Å². The summed E-state index contributed by atoms with van der Waals surface area (Å²) >= 11 is 19.9. The largest absolute Gasteiger partial charge is 0.352 e. The van der Waals surface area contributed by atoms with Crippen molar-refractivity contribution in [3.8, 4) is 0 Å². The number of halogens is 4. The van der Waals surface area contributed by atoms with Crippen LogP contribution in [0, 0.1) is 5.82 Å². The van der Waals surface area contributed by atoms with Crippen LogP contribution in [-0.2, 0) is 28.3 Å². The van der Waals surface area contributed by atoms with Crippen LogP contribution in [0.25, 0.3) is 0 Å². The van der Waals surface area contributed by atoms with E-state index in [4.69, 9.17) is 34.8 Å². The van der Waals surface area contributed by atoms with Crippen molar-refractivity contribution in [3.63, 3.8) is 0 Å². The molecule has 3 rings (SSSR count). The van der Waals surface area contributed by atoms with E-state index in [9.17, 15) is 14.0 Å². The lowest BCUT2D eigenvalue weighted by atomic mass is 10.0. The fourth-order valence-corrected chi connectivity index (χ4v) is 5.48. The third-order valence-corrected chi connectivity index (χ3v) is 7.48. The minimum Gasteiger partial charge on any atom is -0.352 e. The standard InChI is InChI=1S/C28H28Cl3FN2O2S/c1-18(2)33-28(36)26(13-19-7-4-3-5-8-19)34(15-20-11-12-21(29)14-24(20)31)27(35)17-37-16-22-23(30)9-6-10-25(22)32/h3-12,14,18,26H,13,15-17H2,1-2H3,(H,33,36)/t26-/m1/s1. The van der Waals surface area contributed by atoms with Crippen LogP contribution in [0.5, 0.6) is 0 Å². The summed E-state index contributed by atoms with van der Waals surface area (Å²) in [6.45, 7) is 3.85. The Labute approximate surface area is 236 Å². The first-order valence-corrected chi connectivity index (χ1v) is 14.0. The number of nitrogens with zero attached hydrogens (tertiary/aromatic N) is 1. The SMILES string of the molecule is CC(C)NC(=O)[C@@H](Cc1ccccc1)N(Cc1ccc(Cl)cc1Cl)C(=O)CSCc1c(F)cccc1Cl. The summed E-state index contributed by atoms with van der Waals surface area (Å²) in [6, 6.07) is 18.2. The molecular weight excluding hydrogens is 554 g/mol. The molecule has 0 bridgehead atoms. The van der Waals surface area contributed by atoms with Crippen LogP contribution in [0.3, 0.4) is 0 Å². The highest BCUT2D eigenvalue weighted by Crippen LogP contribution is 2.27. The molecule has 0 saturated carbocycles. The first kappa shape index (κ1) is 29.3. The Balaban J connectivity index is 1.90. The molecule has 0 aliphatic heterocycles. The Hall–Kier alpha value is -2.25. The van der Waals surface area contributed by atoms with Gasteiger partial charge in [0, 0.05) is 45.4 Å². The molecule has 1 N–H and O–H groups in total. The van der Waals surface area contributed by atoms with Crippen molar-refractivity contribution in [2.24, 2.45) is 0 Å². The minimum absolute atomic E-state index is 0.0239. The van der Waals surface area contributed by atoms with Gasteiger partial charge in [0.15, 0.2) is 0 Å². The van der Waals surface area contributed by atoms with Crippen molar-refractivity contribution >= 4 is 58.4 Å². The van der Waals surface area contributed by atoms with Gasteiger partial charge in [0.25, 0.3) is 0 Å². The lowest BCUT2D eigenvalue weighted by Gasteiger charge is -2.32. The van der Waals surface area contributed by atoms with Crippen molar-refractivity contribution in [1.29, 1.82) is 0 Å². The van der Waals surface area contributed by atoms with Gasteiger partial charge in [-0.05, 0) is 49.2 Å². The van der Waals surface area contributed by atoms with E-state index in [0.717, 1.165) is 5.56 Å². The van der Waals surface area contributed by atoms with Gasteiger partial charge in [-0.2, -0.15) is 0 Å². The molecule has 196 valence electrons. The number of nitrogens with one attached hydrogen (secondary N) is 1. The van der Waals surface area contributed by atoms with Gasteiger partial charge >= 0.3 is 0 Å². The minimum atomic E-state index is -0.790. The Kier molecular flexibility index (Phi) is 11.1. The van der Waals surface area contributed by atoms with E-state index in [2.05, 4.69) is 5.32 Å². The van der Waals surface area contributed by atoms with E-state index < -0.39 is 11.9 Å². The zero-order valence-corrected chi connectivity index (χ0v) is 23.6. The van der Waals surface area contributed by atoms with Gasteiger partial charge in [-0.1, -0.05) is 77.3 Å². The van der Waals surface area contributed by atoms with Crippen LogP contribution in [0.2, 0.25) is 15.1 Å². The zero-order chi connectivity index (χ0) is 26.9. The lowest BCUT2D eigenvalue weighted by molar-refractivity contribution is -0.139. The van der Waals surface area contributed by atoms with Crippen LogP contribution in [0.15, 0.2) is 66.7 Å². The molecule has 2 amide bonds. The number of thioether (sulfide) groups is 1. The predicted molar refractivity (Wildman–Crippen MR) is 152 cm³/mol. The molecule has 0 aliphatic carbocycles. The second-order valence-electron chi connectivity index (χ2n) is 8.82. The van der Waals surface area contributed by atoms with Crippen LogP contribution in [0.1, 0.15) is 30.5 Å². The van der Waals surface area contributed by atoms with Gasteiger partial charge < -0.3 is 10.2 Å². The maximum Gasteiger partial charge on any atom is 0.243 e.